The molecule has 0 rings (SSSR count). The standard InChI is InChI=1S/C13H26O2/c1-5-6-7-8-9-10-15-13(14)12(4)11(2)3/h11-12H,5-10H2,1-4H3. The summed E-state index contributed by atoms with van der Waals surface area (Å²) in [4.78, 5) is 11.5. The largest absolute Gasteiger partial charge is 0.465 e. The lowest BCUT2D eigenvalue weighted by Crippen LogP contribution is -2.20. The van der Waals surface area contributed by atoms with Crippen molar-refractivity contribution in [3.05, 3.63) is 0 Å². The Morgan fingerprint density at radius 1 is 1.07 bits per heavy atom. The maximum atomic E-state index is 11.5. The van der Waals surface area contributed by atoms with Gasteiger partial charge in [0.25, 0.3) is 0 Å². The second kappa shape index (κ2) is 8.75. The van der Waals surface area contributed by atoms with Crippen LogP contribution in [0.25, 0.3) is 0 Å². The lowest BCUT2D eigenvalue weighted by atomic mass is 9.99. The first-order valence-electron chi connectivity index (χ1n) is 6.26. The zero-order valence-corrected chi connectivity index (χ0v) is 10.7. The summed E-state index contributed by atoms with van der Waals surface area (Å²) < 4.78 is 5.21. The van der Waals surface area contributed by atoms with Gasteiger partial charge in [-0.25, -0.2) is 0 Å². The maximum Gasteiger partial charge on any atom is 0.308 e. The molecule has 0 aliphatic rings. The molecule has 1 unspecified atom stereocenters. The molecule has 15 heavy (non-hydrogen) atoms. The predicted molar refractivity (Wildman–Crippen MR) is 63.7 cm³/mol. The zero-order valence-electron chi connectivity index (χ0n) is 10.7. The minimum atomic E-state index is -0.0412. The Morgan fingerprint density at radius 2 is 1.67 bits per heavy atom. The Bertz CT molecular complexity index is 164. The minimum absolute atomic E-state index is 0.0284. The molecule has 0 aliphatic heterocycles. The molecule has 90 valence electrons. The van der Waals surface area contributed by atoms with Gasteiger partial charge in [-0.2, -0.15) is 0 Å². The molecule has 0 bridgehead atoms. The van der Waals surface area contributed by atoms with E-state index in [0.717, 1.165) is 6.42 Å². The van der Waals surface area contributed by atoms with Crippen molar-refractivity contribution in [2.75, 3.05) is 6.61 Å². The molecular formula is C13H26O2. The first-order valence-corrected chi connectivity index (χ1v) is 6.26. The van der Waals surface area contributed by atoms with E-state index in [2.05, 4.69) is 6.92 Å². The first-order chi connectivity index (χ1) is 7.09. The van der Waals surface area contributed by atoms with Crippen LogP contribution in [-0.2, 0) is 9.53 Å². The molecule has 0 aliphatic carbocycles. The van der Waals surface area contributed by atoms with E-state index in [9.17, 15) is 4.79 Å². The van der Waals surface area contributed by atoms with E-state index in [-0.39, 0.29) is 11.9 Å². The molecule has 0 saturated heterocycles. The lowest BCUT2D eigenvalue weighted by Gasteiger charge is -2.14. The Hall–Kier alpha value is -0.530. The number of hydrogen-bond acceptors (Lipinski definition) is 2. The highest BCUT2D eigenvalue weighted by Crippen LogP contribution is 2.12. The topological polar surface area (TPSA) is 26.3 Å². The van der Waals surface area contributed by atoms with Crippen molar-refractivity contribution in [3.63, 3.8) is 0 Å². The van der Waals surface area contributed by atoms with Gasteiger partial charge in [0.2, 0.25) is 0 Å². The van der Waals surface area contributed by atoms with Gasteiger partial charge in [-0.1, -0.05) is 53.4 Å². The monoisotopic (exact) mass is 214 g/mol. The summed E-state index contributed by atoms with van der Waals surface area (Å²) in [5.41, 5.74) is 0. The van der Waals surface area contributed by atoms with Crippen LogP contribution in [0.2, 0.25) is 0 Å². The highest BCUT2D eigenvalue weighted by molar-refractivity contribution is 5.72. The van der Waals surface area contributed by atoms with Gasteiger partial charge in [0.15, 0.2) is 0 Å². The number of esters is 1. The normalized spacial score (nSPS) is 12.9. The molecule has 2 nitrogen and oxygen atoms in total. The third kappa shape index (κ3) is 7.40. The third-order valence-electron chi connectivity index (χ3n) is 2.86. The van der Waals surface area contributed by atoms with Crippen LogP contribution in [0, 0.1) is 11.8 Å². The SMILES string of the molecule is CCCCCCCOC(=O)C(C)C(C)C. The first kappa shape index (κ1) is 14.5. The van der Waals surface area contributed by atoms with Gasteiger partial charge in [0.05, 0.1) is 12.5 Å². The number of rotatable bonds is 8. The van der Waals surface area contributed by atoms with E-state index in [1.807, 2.05) is 20.8 Å². The Morgan fingerprint density at radius 3 is 2.20 bits per heavy atom. The van der Waals surface area contributed by atoms with Crippen LogP contribution < -0.4 is 0 Å². The molecule has 0 aromatic carbocycles. The molecule has 0 aromatic rings. The third-order valence-corrected chi connectivity index (χ3v) is 2.86. The summed E-state index contributed by atoms with van der Waals surface area (Å²) in [5, 5.41) is 0. The molecule has 0 amide bonds. The number of hydrogen-bond donors (Lipinski definition) is 0. The quantitative estimate of drug-likeness (QED) is 0.454. The van der Waals surface area contributed by atoms with E-state index in [1.54, 1.807) is 0 Å². The number of carbonyl (C=O) groups excluding carboxylic acids is 1. The van der Waals surface area contributed by atoms with Gasteiger partial charge in [-0.3, -0.25) is 4.79 Å². The Labute approximate surface area is 94.4 Å². The van der Waals surface area contributed by atoms with E-state index >= 15 is 0 Å². The van der Waals surface area contributed by atoms with E-state index in [0.29, 0.717) is 12.5 Å². The van der Waals surface area contributed by atoms with Gasteiger partial charge in [0, 0.05) is 0 Å². The molecule has 1 atom stereocenters. The second-order valence-corrected chi connectivity index (χ2v) is 4.61. The summed E-state index contributed by atoms with van der Waals surface area (Å²) in [6, 6.07) is 0. The van der Waals surface area contributed by atoms with Crippen molar-refractivity contribution < 1.29 is 9.53 Å². The van der Waals surface area contributed by atoms with E-state index in [4.69, 9.17) is 4.74 Å². The molecule has 0 N–H and O–H groups in total. The smallest absolute Gasteiger partial charge is 0.308 e. The van der Waals surface area contributed by atoms with Crippen LogP contribution in [0.3, 0.4) is 0 Å². The van der Waals surface area contributed by atoms with Crippen molar-refractivity contribution in [3.8, 4) is 0 Å². The van der Waals surface area contributed by atoms with Crippen molar-refractivity contribution in [2.45, 2.75) is 59.8 Å². The van der Waals surface area contributed by atoms with Crippen LogP contribution in [0.1, 0.15) is 59.8 Å². The molecule has 0 heterocycles. The molecule has 0 radical (unpaired) electrons. The van der Waals surface area contributed by atoms with Crippen molar-refractivity contribution in [1.82, 2.24) is 0 Å². The van der Waals surface area contributed by atoms with Crippen LogP contribution in [0.5, 0.6) is 0 Å². The Kier molecular flexibility index (Phi) is 8.44. The highest BCUT2D eigenvalue weighted by atomic mass is 16.5. The fraction of sp³-hybridized carbons (Fsp3) is 0.923. The summed E-state index contributed by atoms with van der Waals surface area (Å²) >= 11 is 0. The average Bonchev–Trinajstić information content (AvgIpc) is 2.21. The van der Waals surface area contributed by atoms with Crippen LogP contribution in [0.15, 0.2) is 0 Å². The lowest BCUT2D eigenvalue weighted by molar-refractivity contribution is -0.149. The molecular weight excluding hydrogens is 188 g/mol. The highest BCUT2D eigenvalue weighted by Gasteiger charge is 2.17. The fourth-order valence-electron chi connectivity index (χ4n) is 1.28. The van der Waals surface area contributed by atoms with Gasteiger partial charge >= 0.3 is 5.97 Å². The average molecular weight is 214 g/mol. The van der Waals surface area contributed by atoms with Gasteiger partial charge < -0.3 is 4.74 Å². The van der Waals surface area contributed by atoms with Crippen LogP contribution in [0.4, 0.5) is 0 Å². The Balaban J connectivity index is 3.39. The van der Waals surface area contributed by atoms with Crippen LogP contribution >= 0.6 is 0 Å². The summed E-state index contributed by atoms with van der Waals surface area (Å²) in [7, 11) is 0. The summed E-state index contributed by atoms with van der Waals surface area (Å²) in [6.45, 7) is 8.83. The fourth-order valence-corrected chi connectivity index (χ4v) is 1.28. The van der Waals surface area contributed by atoms with E-state index < -0.39 is 0 Å². The number of unbranched alkanes of at least 4 members (excludes halogenated alkanes) is 4. The maximum absolute atomic E-state index is 11.5. The summed E-state index contributed by atoms with van der Waals surface area (Å²) in [6.07, 6.45) is 5.99. The van der Waals surface area contributed by atoms with Gasteiger partial charge in [-0.15, -0.1) is 0 Å². The molecule has 0 aromatic heterocycles. The second-order valence-electron chi connectivity index (χ2n) is 4.61. The number of carbonyl (C=O) groups is 1. The van der Waals surface area contributed by atoms with Gasteiger partial charge in [-0.05, 0) is 12.3 Å². The van der Waals surface area contributed by atoms with Crippen molar-refractivity contribution in [2.24, 2.45) is 11.8 Å². The molecule has 0 fully saturated rings. The van der Waals surface area contributed by atoms with E-state index in [1.165, 1.54) is 25.7 Å². The minimum Gasteiger partial charge on any atom is -0.465 e. The van der Waals surface area contributed by atoms with Crippen LogP contribution in [-0.4, -0.2) is 12.6 Å². The number of ether oxygens (including phenoxy) is 1. The molecule has 2 heteroatoms. The van der Waals surface area contributed by atoms with Gasteiger partial charge in [0.1, 0.15) is 0 Å². The van der Waals surface area contributed by atoms with Crippen molar-refractivity contribution in [1.29, 1.82) is 0 Å². The molecule has 0 spiro atoms. The molecule has 0 saturated carbocycles. The summed E-state index contributed by atoms with van der Waals surface area (Å²) in [5.74, 6) is 0.360. The van der Waals surface area contributed by atoms with Crippen molar-refractivity contribution >= 4 is 5.97 Å². The predicted octanol–water partition coefficient (Wildman–Crippen LogP) is 3.79. The zero-order chi connectivity index (χ0) is 11.7.